The number of fused-ring (bicyclic) bond motifs is 2. The Labute approximate surface area is 127 Å². The lowest BCUT2D eigenvalue weighted by Crippen LogP contribution is -2.02. The van der Waals surface area contributed by atoms with E-state index in [1.807, 2.05) is 42.5 Å². The summed E-state index contributed by atoms with van der Waals surface area (Å²) in [6, 6.07) is 13.7. The van der Waals surface area contributed by atoms with Crippen molar-refractivity contribution in [2.45, 2.75) is 6.54 Å². The van der Waals surface area contributed by atoms with Gasteiger partial charge in [0.25, 0.3) is 0 Å². The van der Waals surface area contributed by atoms with E-state index in [0.717, 1.165) is 39.3 Å². The summed E-state index contributed by atoms with van der Waals surface area (Å²) in [6.07, 6.45) is 1.78. The Kier molecular flexibility index (Phi) is 2.96. The normalized spacial score (nSPS) is 12.5. The minimum atomic E-state index is 0.290. The lowest BCUT2D eigenvalue weighted by molar-refractivity contribution is 0.174. The number of nitrogens with one attached hydrogen (secondary N) is 1. The van der Waals surface area contributed by atoms with Gasteiger partial charge in [-0.05, 0) is 47.3 Å². The predicted octanol–water partition coefficient (Wildman–Crippen LogP) is 3.16. The molecule has 5 heteroatoms. The number of anilines is 2. The van der Waals surface area contributed by atoms with Crippen molar-refractivity contribution in [3.63, 3.8) is 0 Å². The third-order valence-electron chi connectivity index (χ3n) is 3.69. The van der Waals surface area contributed by atoms with Crippen LogP contribution >= 0.6 is 0 Å². The zero-order chi connectivity index (χ0) is 14.9. The monoisotopic (exact) mass is 293 g/mol. The number of pyridine rings is 1. The smallest absolute Gasteiger partial charge is 0.231 e. The number of rotatable bonds is 3. The molecule has 0 amide bonds. The minimum absolute atomic E-state index is 0.290. The van der Waals surface area contributed by atoms with E-state index in [9.17, 15) is 0 Å². The highest BCUT2D eigenvalue weighted by molar-refractivity contribution is 5.93. The summed E-state index contributed by atoms with van der Waals surface area (Å²) < 4.78 is 10.7. The van der Waals surface area contributed by atoms with E-state index in [1.165, 1.54) is 0 Å². The number of ether oxygens (including phenoxy) is 2. The van der Waals surface area contributed by atoms with Crippen LogP contribution in [0.4, 0.5) is 11.5 Å². The van der Waals surface area contributed by atoms with Gasteiger partial charge in [-0.15, -0.1) is 0 Å². The lowest BCUT2D eigenvalue weighted by atomic mass is 10.1. The third-order valence-corrected chi connectivity index (χ3v) is 3.69. The summed E-state index contributed by atoms with van der Waals surface area (Å²) >= 11 is 0. The van der Waals surface area contributed by atoms with E-state index in [1.54, 1.807) is 6.20 Å². The quantitative estimate of drug-likeness (QED) is 0.726. The van der Waals surface area contributed by atoms with Crippen LogP contribution in [0, 0.1) is 0 Å². The Hall–Kier alpha value is -2.95. The summed E-state index contributed by atoms with van der Waals surface area (Å²) in [6.45, 7) is 0.950. The van der Waals surface area contributed by atoms with E-state index < -0.39 is 0 Å². The van der Waals surface area contributed by atoms with Gasteiger partial charge in [0.15, 0.2) is 11.5 Å². The van der Waals surface area contributed by atoms with Crippen molar-refractivity contribution in [1.29, 1.82) is 0 Å². The van der Waals surface area contributed by atoms with Crippen molar-refractivity contribution in [1.82, 2.24) is 4.98 Å². The van der Waals surface area contributed by atoms with Gasteiger partial charge in [0.05, 0.1) is 0 Å². The molecule has 0 radical (unpaired) electrons. The Morgan fingerprint density at radius 1 is 1.05 bits per heavy atom. The summed E-state index contributed by atoms with van der Waals surface area (Å²) in [7, 11) is 0. The average Bonchev–Trinajstić information content (AvgIpc) is 3.00. The minimum Gasteiger partial charge on any atom is -0.454 e. The molecule has 5 nitrogen and oxygen atoms in total. The molecule has 110 valence electrons. The summed E-state index contributed by atoms with van der Waals surface area (Å²) in [5.41, 5.74) is 7.68. The van der Waals surface area contributed by atoms with Gasteiger partial charge in [-0.3, -0.25) is 0 Å². The maximum Gasteiger partial charge on any atom is 0.231 e. The molecular formula is C17H15N3O2. The van der Waals surface area contributed by atoms with E-state index in [2.05, 4.69) is 10.3 Å². The lowest BCUT2D eigenvalue weighted by Gasteiger charge is -2.09. The van der Waals surface area contributed by atoms with Gasteiger partial charge in [0.1, 0.15) is 5.82 Å². The molecule has 0 spiro atoms. The summed E-state index contributed by atoms with van der Waals surface area (Å²) in [5, 5.41) is 5.49. The van der Waals surface area contributed by atoms with Crippen LogP contribution in [0.25, 0.3) is 10.8 Å². The largest absolute Gasteiger partial charge is 0.454 e. The van der Waals surface area contributed by atoms with Gasteiger partial charge >= 0.3 is 0 Å². The zero-order valence-corrected chi connectivity index (χ0v) is 11.9. The molecule has 0 bridgehead atoms. The average molecular weight is 293 g/mol. The Morgan fingerprint density at radius 3 is 2.91 bits per heavy atom. The van der Waals surface area contributed by atoms with Crippen molar-refractivity contribution in [2.75, 3.05) is 17.8 Å². The van der Waals surface area contributed by atoms with Crippen LogP contribution in [0.3, 0.4) is 0 Å². The molecule has 1 aliphatic rings. The molecular weight excluding hydrogens is 278 g/mol. The SMILES string of the molecule is Nc1ccc2c(NCc3ccc4c(c3)OCO4)nccc2c1. The molecule has 0 saturated carbocycles. The second-order valence-corrected chi connectivity index (χ2v) is 5.18. The number of nitrogens with zero attached hydrogens (tertiary/aromatic N) is 1. The fourth-order valence-corrected chi connectivity index (χ4v) is 2.57. The van der Waals surface area contributed by atoms with Gasteiger partial charge in [0, 0.05) is 23.8 Å². The Balaban J connectivity index is 1.59. The fraction of sp³-hybridized carbons (Fsp3) is 0.118. The van der Waals surface area contributed by atoms with Gasteiger partial charge in [-0.25, -0.2) is 4.98 Å². The fourth-order valence-electron chi connectivity index (χ4n) is 2.57. The van der Waals surface area contributed by atoms with Crippen LogP contribution in [-0.2, 0) is 6.54 Å². The molecule has 3 N–H and O–H groups in total. The topological polar surface area (TPSA) is 69.4 Å². The van der Waals surface area contributed by atoms with E-state index >= 15 is 0 Å². The number of aromatic nitrogens is 1. The second kappa shape index (κ2) is 5.11. The molecule has 3 aromatic rings. The molecule has 0 unspecified atom stereocenters. The molecule has 0 fully saturated rings. The van der Waals surface area contributed by atoms with Crippen LogP contribution in [0.2, 0.25) is 0 Å². The van der Waals surface area contributed by atoms with Crippen molar-refractivity contribution < 1.29 is 9.47 Å². The third kappa shape index (κ3) is 2.26. The standard InChI is InChI=1S/C17H15N3O2/c18-13-2-3-14-12(8-13)5-6-19-17(14)20-9-11-1-4-15-16(7-11)22-10-21-15/h1-8H,9-10,18H2,(H,19,20). The maximum absolute atomic E-state index is 5.82. The molecule has 1 aromatic heterocycles. The van der Waals surface area contributed by atoms with E-state index in [-0.39, 0.29) is 0 Å². The first-order valence-corrected chi connectivity index (χ1v) is 7.06. The predicted molar refractivity (Wildman–Crippen MR) is 86.0 cm³/mol. The molecule has 4 rings (SSSR count). The number of nitrogens with two attached hydrogens (primary N) is 1. The van der Waals surface area contributed by atoms with Crippen LogP contribution in [-0.4, -0.2) is 11.8 Å². The first kappa shape index (κ1) is 12.8. The molecule has 22 heavy (non-hydrogen) atoms. The van der Waals surface area contributed by atoms with Crippen molar-refractivity contribution >= 4 is 22.3 Å². The second-order valence-electron chi connectivity index (χ2n) is 5.18. The van der Waals surface area contributed by atoms with Gasteiger partial charge < -0.3 is 20.5 Å². The first-order valence-electron chi connectivity index (χ1n) is 7.06. The number of hydrogen-bond acceptors (Lipinski definition) is 5. The Bertz CT molecular complexity index is 848. The number of benzene rings is 2. The van der Waals surface area contributed by atoms with Crippen LogP contribution in [0.5, 0.6) is 11.5 Å². The maximum atomic E-state index is 5.82. The molecule has 0 aliphatic carbocycles. The van der Waals surface area contributed by atoms with Crippen molar-refractivity contribution in [3.8, 4) is 11.5 Å². The van der Waals surface area contributed by atoms with Crippen molar-refractivity contribution in [2.24, 2.45) is 0 Å². The van der Waals surface area contributed by atoms with Gasteiger partial charge in [0.2, 0.25) is 6.79 Å². The van der Waals surface area contributed by atoms with Crippen LogP contribution < -0.4 is 20.5 Å². The van der Waals surface area contributed by atoms with Crippen LogP contribution in [0.1, 0.15) is 5.56 Å². The first-order chi connectivity index (χ1) is 10.8. The molecule has 2 heterocycles. The number of nitrogen functional groups attached to an aromatic ring is 1. The molecule has 2 aromatic carbocycles. The molecule has 0 saturated heterocycles. The van der Waals surface area contributed by atoms with E-state index in [0.29, 0.717) is 13.3 Å². The van der Waals surface area contributed by atoms with Crippen LogP contribution in [0.15, 0.2) is 48.7 Å². The van der Waals surface area contributed by atoms with E-state index in [4.69, 9.17) is 15.2 Å². The van der Waals surface area contributed by atoms with Crippen molar-refractivity contribution in [3.05, 3.63) is 54.2 Å². The molecule has 1 aliphatic heterocycles. The van der Waals surface area contributed by atoms with Gasteiger partial charge in [-0.1, -0.05) is 6.07 Å². The number of hydrogen-bond donors (Lipinski definition) is 2. The highest BCUT2D eigenvalue weighted by atomic mass is 16.7. The molecule has 0 atom stereocenters. The summed E-state index contributed by atoms with van der Waals surface area (Å²) in [4.78, 5) is 4.42. The highest BCUT2D eigenvalue weighted by Gasteiger charge is 2.13. The summed E-state index contributed by atoms with van der Waals surface area (Å²) in [5.74, 6) is 2.43. The Morgan fingerprint density at radius 2 is 1.95 bits per heavy atom. The van der Waals surface area contributed by atoms with Gasteiger partial charge in [-0.2, -0.15) is 0 Å². The zero-order valence-electron chi connectivity index (χ0n) is 11.9. The highest BCUT2D eigenvalue weighted by Crippen LogP contribution is 2.32.